The molecule has 1 aromatic carbocycles. The maximum atomic E-state index is 4.78. The van der Waals surface area contributed by atoms with Crippen LogP contribution in [0.2, 0.25) is 0 Å². The Kier molecular flexibility index (Phi) is 5.12. The second-order valence-corrected chi connectivity index (χ2v) is 5.73. The molecule has 98 valence electrons. The minimum Gasteiger partial charge on any atom is -0.358 e. The molecule has 2 atom stereocenters. The first-order valence-corrected chi connectivity index (χ1v) is 7.84. The van der Waals surface area contributed by atoms with Crippen molar-refractivity contribution in [1.29, 1.82) is 0 Å². The Hall–Kier alpha value is -0.960. The van der Waals surface area contributed by atoms with Gasteiger partial charge in [-0.2, -0.15) is 0 Å². The van der Waals surface area contributed by atoms with Crippen molar-refractivity contribution in [1.82, 2.24) is 5.32 Å². The molecular weight excluding hydrogens is 240 g/mol. The number of nitrogens with one attached hydrogen (secondary N) is 1. The number of amidine groups is 1. The van der Waals surface area contributed by atoms with Crippen molar-refractivity contribution in [3.05, 3.63) is 35.9 Å². The Morgan fingerprint density at radius 2 is 2.11 bits per heavy atom. The summed E-state index contributed by atoms with van der Waals surface area (Å²) in [6, 6.07) is 11.5. The van der Waals surface area contributed by atoms with E-state index in [1.807, 2.05) is 11.8 Å². The average Bonchev–Trinajstić information content (AvgIpc) is 2.46. The highest BCUT2D eigenvalue weighted by atomic mass is 32.2. The lowest BCUT2D eigenvalue weighted by molar-refractivity contribution is 0.601. The van der Waals surface area contributed by atoms with Gasteiger partial charge in [-0.05, 0) is 24.8 Å². The van der Waals surface area contributed by atoms with Crippen LogP contribution in [-0.4, -0.2) is 17.0 Å². The number of nitrogens with zero attached hydrogens (tertiary/aromatic N) is 1. The minimum atomic E-state index is 0.382. The van der Waals surface area contributed by atoms with Crippen molar-refractivity contribution < 1.29 is 0 Å². The molecule has 0 fully saturated rings. The molecule has 1 aliphatic heterocycles. The molecule has 0 aliphatic carbocycles. The molecule has 0 amide bonds. The standard InChI is InChI=1S/C15H22N2S/c1-3-13-10-11-18-15(16-13)17-14(4-2)12-8-6-5-7-9-12/h5-9,13-14H,3-4,10-11H2,1-2H3,(H,16,17). The van der Waals surface area contributed by atoms with Crippen LogP contribution in [0.5, 0.6) is 0 Å². The van der Waals surface area contributed by atoms with Gasteiger partial charge in [0.05, 0.1) is 12.1 Å². The number of aliphatic imine (C=N–C) groups is 1. The van der Waals surface area contributed by atoms with E-state index in [1.165, 1.54) is 17.7 Å². The second kappa shape index (κ2) is 6.83. The van der Waals surface area contributed by atoms with Gasteiger partial charge in [-0.1, -0.05) is 55.9 Å². The summed E-state index contributed by atoms with van der Waals surface area (Å²) >= 11 is 1.86. The lowest BCUT2D eigenvalue weighted by atomic mass is 10.1. The molecule has 0 saturated carbocycles. The van der Waals surface area contributed by atoms with E-state index in [0.717, 1.165) is 18.0 Å². The Bertz CT molecular complexity index is 389. The first-order chi connectivity index (χ1) is 8.83. The van der Waals surface area contributed by atoms with Gasteiger partial charge in [0.1, 0.15) is 0 Å². The Labute approximate surface area is 114 Å². The largest absolute Gasteiger partial charge is 0.358 e. The maximum Gasteiger partial charge on any atom is 0.157 e. The third-order valence-electron chi connectivity index (χ3n) is 3.37. The highest BCUT2D eigenvalue weighted by Crippen LogP contribution is 2.22. The molecule has 2 unspecified atom stereocenters. The van der Waals surface area contributed by atoms with E-state index in [-0.39, 0.29) is 0 Å². The Balaban J connectivity index is 2.05. The average molecular weight is 262 g/mol. The first kappa shape index (κ1) is 13.5. The molecule has 0 spiro atoms. The van der Waals surface area contributed by atoms with Crippen LogP contribution >= 0.6 is 11.8 Å². The van der Waals surface area contributed by atoms with Crippen LogP contribution in [0, 0.1) is 0 Å². The zero-order valence-electron chi connectivity index (χ0n) is 11.2. The van der Waals surface area contributed by atoms with Gasteiger partial charge in [-0.15, -0.1) is 0 Å². The van der Waals surface area contributed by atoms with Crippen LogP contribution < -0.4 is 5.32 Å². The van der Waals surface area contributed by atoms with Crippen molar-refractivity contribution in [2.24, 2.45) is 4.99 Å². The summed E-state index contributed by atoms with van der Waals surface area (Å²) in [5, 5.41) is 4.73. The lowest BCUT2D eigenvalue weighted by Crippen LogP contribution is -2.30. The molecule has 3 heteroatoms. The Morgan fingerprint density at radius 3 is 2.78 bits per heavy atom. The smallest absolute Gasteiger partial charge is 0.157 e. The van der Waals surface area contributed by atoms with Gasteiger partial charge in [0, 0.05) is 5.75 Å². The predicted molar refractivity (Wildman–Crippen MR) is 81.2 cm³/mol. The molecule has 0 radical (unpaired) electrons. The minimum absolute atomic E-state index is 0.382. The summed E-state index contributed by atoms with van der Waals surface area (Å²) in [5.74, 6) is 1.19. The summed E-state index contributed by atoms with van der Waals surface area (Å²) in [6.07, 6.45) is 3.45. The highest BCUT2D eigenvalue weighted by molar-refractivity contribution is 8.13. The van der Waals surface area contributed by atoms with Crippen LogP contribution in [0.1, 0.15) is 44.7 Å². The van der Waals surface area contributed by atoms with E-state index in [2.05, 4.69) is 49.5 Å². The van der Waals surface area contributed by atoms with Gasteiger partial charge < -0.3 is 5.32 Å². The maximum absolute atomic E-state index is 4.78. The van der Waals surface area contributed by atoms with Crippen LogP contribution in [0.25, 0.3) is 0 Å². The normalized spacial score (nSPS) is 21.2. The molecule has 1 N–H and O–H groups in total. The number of rotatable bonds is 4. The van der Waals surface area contributed by atoms with Crippen LogP contribution in [0.15, 0.2) is 35.3 Å². The molecule has 1 heterocycles. The summed E-state index contributed by atoms with van der Waals surface area (Å²) in [7, 11) is 0. The zero-order valence-corrected chi connectivity index (χ0v) is 12.0. The van der Waals surface area contributed by atoms with Crippen molar-refractivity contribution in [3.63, 3.8) is 0 Å². The SMILES string of the molecule is CCC1CCSC(NC(CC)c2ccccc2)=N1. The Morgan fingerprint density at radius 1 is 1.33 bits per heavy atom. The van der Waals surface area contributed by atoms with E-state index < -0.39 is 0 Å². The highest BCUT2D eigenvalue weighted by Gasteiger charge is 2.17. The quantitative estimate of drug-likeness (QED) is 0.887. The van der Waals surface area contributed by atoms with Crippen LogP contribution in [0.3, 0.4) is 0 Å². The summed E-state index contributed by atoms with van der Waals surface area (Å²) < 4.78 is 0. The van der Waals surface area contributed by atoms with Crippen molar-refractivity contribution >= 4 is 16.9 Å². The molecule has 0 saturated heterocycles. The number of benzene rings is 1. The lowest BCUT2D eigenvalue weighted by Gasteiger charge is -2.24. The molecular formula is C15H22N2S. The topological polar surface area (TPSA) is 24.4 Å². The number of thioether (sulfide) groups is 1. The first-order valence-electron chi connectivity index (χ1n) is 6.85. The fraction of sp³-hybridized carbons (Fsp3) is 0.533. The molecule has 0 bridgehead atoms. The van der Waals surface area contributed by atoms with Gasteiger partial charge in [-0.25, -0.2) is 0 Å². The predicted octanol–water partition coefficient (Wildman–Crippen LogP) is 4.00. The van der Waals surface area contributed by atoms with E-state index in [9.17, 15) is 0 Å². The second-order valence-electron chi connectivity index (χ2n) is 4.65. The third kappa shape index (κ3) is 3.52. The molecule has 2 nitrogen and oxygen atoms in total. The van der Waals surface area contributed by atoms with Crippen molar-refractivity contribution in [3.8, 4) is 0 Å². The van der Waals surface area contributed by atoms with Gasteiger partial charge in [-0.3, -0.25) is 4.99 Å². The van der Waals surface area contributed by atoms with Gasteiger partial charge in [0.15, 0.2) is 5.17 Å². The van der Waals surface area contributed by atoms with E-state index in [1.54, 1.807) is 0 Å². The third-order valence-corrected chi connectivity index (χ3v) is 4.31. The molecule has 0 aromatic heterocycles. The van der Waals surface area contributed by atoms with Crippen molar-refractivity contribution in [2.75, 3.05) is 5.75 Å². The molecule has 1 aliphatic rings. The fourth-order valence-corrected chi connectivity index (χ4v) is 3.22. The number of hydrogen-bond acceptors (Lipinski definition) is 3. The number of hydrogen-bond donors (Lipinski definition) is 1. The molecule has 18 heavy (non-hydrogen) atoms. The summed E-state index contributed by atoms with van der Waals surface area (Å²) in [5.41, 5.74) is 1.35. The van der Waals surface area contributed by atoms with E-state index in [4.69, 9.17) is 4.99 Å². The van der Waals surface area contributed by atoms with Gasteiger partial charge in [0.25, 0.3) is 0 Å². The van der Waals surface area contributed by atoms with Gasteiger partial charge in [0.2, 0.25) is 0 Å². The molecule has 1 aromatic rings. The molecule has 2 rings (SSSR count). The van der Waals surface area contributed by atoms with E-state index in [0.29, 0.717) is 12.1 Å². The van der Waals surface area contributed by atoms with Gasteiger partial charge >= 0.3 is 0 Å². The van der Waals surface area contributed by atoms with E-state index >= 15 is 0 Å². The fourth-order valence-electron chi connectivity index (χ4n) is 2.19. The van der Waals surface area contributed by atoms with Crippen molar-refractivity contribution in [2.45, 2.75) is 45.2 Å². The van der Waals surface area contributed by atoms with Crippen LogP contribution in [0.4, 0.5) is 0 Å². The monoisotopic (exact) mass is 262 g/mol. The summed E-state index contributed by atoms with van der Waals surface area (Å²) in [6.45, 7) is 4.44. The van der Waals surface area contributed by atoms with Crippen LogP contribution in [-0.2, 0) is 0 Å². The summed E-state index contributed by atoms with van der Waals surface area (Å²) in [4.78, 5) is 4.78. The zero-order chi connectivity index (χ0) is 12.8.